The predicted octanol–water partition coefficient (Wildman–Crippen LogP) is 3.51. The molecular formula is C22H21N5O2. The van der Waals surface area contributed by atoms with Gasteiger partial charge < -0.3 is 16.0 Å². The Kier molecular flexibility index (Phi) is 5.20. The Labute approximate surface area is 168 Å². The van der Waals surface area contributed by atoms with Gasteiger partial charge in [-0.15, -0.1) is 0 Å². The quantitative estimate of drug-likeness (QED) is 0.560. The Morgan fingerprint density at radius 1 is 1.10 bits per heavy atom. The van der Waals surface area contributed by atoms with Crippen molar-refractivity contribution < 1.29 is 9.59 Å². The number of aromatic nitrogens is 2. The summed E-state index contributed by atoms with van der Waals surface area (Å²) in [6.45, 7) is 2.86. The molecule has 3 N–H and O–H groups in total. The summed E-state index contributed by atoms with van der Waals surface area (Å²) in [5.74, 6) is 0.192. The first kappa shape index (κ1) is 18.6. The molecule has 0 unspecified atom stereocenters. The fourth-order valence-corrected chi connectivity index (χ4v) is 3.42. The van der Waals surface area contributed by atoms with Gasteiger partial charge in [0.25, 0.3) is 5.91 Å². The highest BCUT2D eigenvalue weighted by Crippen LogP contribution is 2.30. The number of pyridine rings is 2. The minimum absolute atomic E-state index is 0.0119. The lowest BCUT2D eigenvalue weighted by molar-refractivity contribution is 0.101. The Balaban J connectivity index is 1.55. The van der Waals surface area contributed by atoms with Gasteiger partial charge in [0, 0.05) is 48.6 Å². The monoisotopic (exact) mass is 387 g/mol. The molecule has 2 aromatic heterocycles. The maximum absolute atomic E-state index is 12.9. The maximum atomic E-state index is 12.9. The van der Waals surface area contributed by atoms with Crippen LogP contribution in [0.1, 0.15) is 38.8 Å². The van der Waals surface area contributed by atoms with Crippen LogP contribution in [0, 0.1) is 0 Å². The van der Waals surface area contributed by atoms with Gasteiger partial charge in [-0.25, -0.2) is 4.98 Å². The summed E-state index contributed by atoms with van der Waals surface area (Å²) in [6.07, 6.45) is 5.89. The number of Topliss-reactive ketones (excluding diaryl/α,β-unsaturated/α-hetero) is 1. The van der Waals surface area contributed by atoms with Crippen molar-refractivity contribution in [2.45, 2.75) is 19.9 Å². The molecule has 0 bridgehead atoms. The number of anilines is 3. The second kappa shape index (κ2) is 8.10. The van der Waals surface area contributed by atoms with E-state index in [9.17, 15) is 9.59 Å². The summed E-state index contributed by atoms with van der Waals surface area (Å²) < 4.78 is 0. The van der Waals surface area contributed by atoms with Crippen LogP contribution in [-0.4, -0.2) is 28.2 Å². The number of benzene rings is 1. The van der Waals surface area contributed by atoms with Crippen LogP contribution in [0.15, 0.2) is 55.0 Å². The summed E-state index contributed by atoms with van der Waals surface area (Å²) in [6, 6.07) is 10.8. The first-order chi connectivity index (χ1) is 14.1. The van der Waals surface area contributed by atoms with E-state index in [2.05, 4.69) is 25.9 Å². The van der Waals surface area contributed by atoms with Gasteiger partial charge in [0.2, 0.25) is 0 Å². The molecule has 0 saturated carbocycles. The zero-order chi connectivity index (χ0) is 20.2. The number of amides is 1. The van der Waals surface area contributed by atoms with Gasteiger partial charge in [0.15, 0.2) is 5.78 Å². The number of carbonyl (C=O) groups is 2. The minimum atomic E-state index is -0.289. The fourth-order valence-electron chi connectivity index (χ4n) is 3.42. The Morgan fingerprint density at radius 3 is 2.72 bits per heavy atom. The summed E-state index contributed by atoms with van der Waals surface area (Å²) in [5, 5.41) is 9.37. The van der Waals surface area contributed by atoms with Crippen LogP contribution in [0.3, 0.4) is 0 Å². The molecule has 3 aromatic rings. The smallest absolute Gasteiger partial charge is 0.259 e. The molecule has 0 saturated heterocycles. The molecule has 0 radical (unpaired) electrons. The van der Waals surface area contributed by atoms with Crippen LogP contribution in [0.4, 0.5) is 17.2 Å². The number of ketones is 1. The van der Waals surface area contributed by atoms with Crippen LogP contribution in [0.25, 0.3) is 0 Å². The summed E-state index contributed by atoms with van der Waals surface area (Å²) in [5.41, 5.74) is 4.60. The Hall–Kier alpha value is -3.74. The van der Waals surface area contributed by atoms with E-state index < -0.39 is 0 Å². The van der Waals surface area contributed by atoms with E-state index in [1.165, 1.54) is 0 Å². The third-order valence-electron chi connectivity index (χ3n) is 4.84. The summed E-state index contributed by atoms with van der Waals surface area (Å²) in [4.78, 5) is 33.2. The topological polar surface area (TPSA) is 96.0 Å². The second-order valence-corrected chi connectivity index (χ2v) is 6.85. The van der Waals surface area contributed by atoms with Crippen molar-refractivity contribution in [3.05, 3.63) is 77.2 Å². The molecule has 1 aromatic carbocycles. The molecule has 29 heavy (non-hydrogen) atoms. The average molecular weight is 387 g/mol. The van der Waals surface area contributed by atoms with E-state index in [0.717, 1.165) is 29.8 Å². The molecule has 146 valence electrons. The van der Waals surface area contributed by atoms with E-state index in [0.29, 0.717) is 29.2 Å². The molecule has 0 aliphatic carbocycles. The maximum Gasteiger partial charge on any atom is 0.259 e. The SMILES string of the molecule is CC(=O)c1cc(NC(=O)c2cccnc2NCc2ccncc2)cc2c1CCN2. The molecule has 0 atom stereocenters. The van der Waals surface area contributed by atoms with Gasteiger partial charge in [-0.1, -0.05) is 0 Å². The van der Waals surface area contributed by atoms with Crippen LogP contribution >= 0.6 is 0 Å². The molecule has 1 aliphatic heterocycles. The van der Waals surface area contributed by atoms with Crippen LogP contribution in [-0.2, 0) is 13.0 Å². The van der Waals surface area contributed by atoms with Crippen molar-refractivity contribution in [1.29, 1.82) is 0 Å². The zero-order valence-electron chi connectivity index (χ0n) is 16.0. The van der Waals surface area contributed by atoms with Gasteiger partial charge in [-0.2, -0.15) is 0 Å². The molecule has 4 rings (SSSR count). The molecule has 1 amide bonds. The van der Waals surface area contributed by atoms with Gasteiger partial charge in [0.1, 0.15) is 5.82 Å². The standard InChI is InChI=1S/C22H21N5O2/c1-14(28)19-11-16(12-20-17(19)6-10-24-20)27-22(29)18-3-2-7-25-21(18)26-13-15-4-8-23-9-5-15/h2-5,7-9,11-12,24H,6,10,13H2,1H3,(H,25,26)(H,27,29). The van der Waals surface area contributed by atoms with Crippen LogP contribution < -0.4 is 16.0 Å². The average Bonchev–Trinajstić information content (AvgIpc) is 3.21. The Bertz CT molecular complexity index is 1070. The highest BCUT2D eigenvalue weighted by atomic mass is 16.1. The first-order valence-corrected chi connectivity index (χ1v) is 9.42. The predicted molar refractivity (Wildman–Crippen MR) is 112 cm³/mol. The Morgan fingerprint density at radius 2 is 1.93 bits per heavy atom. The van der Waals surface area contributed by atoms with Gasteiger partial charge in [-0.3, -0.25) is 14.6 Å². The lowest BCUT2D eigenvalue weighted by atomic mass is 10.0. The molecule has 7 heteroatoms. The zero-order valence-corrected chi connectivity index (χ0v) is 16.0. The number of carbonyl (C=O) groups excluding carboxylic acids is 2. The lowest BCUT2D eigenvalue weighted by Gasteiger charge is -2.13. The fraction of sp³-hybridized carbons (Fsp3) is 0.182. The molecular weight excluding hydrogens is 366 g/mol. The molecule has 0 spiro atoms. The largest absolute Gasteiger partial charge is 0.384 e. The van der Waals surface area contributed by atoms with Crippen LogP contribution in [0.2, 0.25) is 0 Å². The summed E-state index contributed by atoms with van der Waals surface area (Å²) >= 11 is 0. The minimum Gasteiger partial charge on any atom is -0.384 e. The number of fused-ring (bicyclic) bond motifs is 1. The van der Waals surface area contributed by atoms with E-state index >= 15 is 0 Å². The van der Waals surface area contributed by atoms with Crippen molar-refractivity contribution in [2.24, 2.45) is 0 Å². The highest BCUT2D eigenvalue weighted by Gasteiger charge is 2.20. The molecule has 1 aliphatic rings. The molecule has 3 heterocycles. The van der Waals surface area contributed by atoms with E-state index in [1.807, 2.05) is 18.2 Å². The molecule has 0 fully saturated rings. The third kappa shape index (κ3) is 4.08. The number of rotatable bonds is 6. The van der Waals surface area contributed by atoms with Crippen molar-refractivity contribution >= 4 is 28.9 Å². The van der Waals surface area contributed by atoms with E-state index in [-0.39, 0.29) is 11.7 Å². The van der Waals surface area contributed by atoms with Gasteiger partial charge in [0.05, 0.1) is 5.56 Å². The van der Waals surface area contributed by atoms with E-state index in [1.54, 1.807) is 43.7 Å². The number of nitrogens with one attached hydrogen (secondary N) is 3. The number of hydrogen-bond acceptors (Lipinski definition) is 6. The van der Waals surface area contributed by atoms with Crippen LogP contribution in [0.5, 0.6) is 0 Å². The third-order valence-corrected chi connectivity index (χ3v) is 4.84. The van der Waals surface area contributed by atoms with Crippen molar-refractivity contribution in [2.75, 3.05) is 22.5 Å². The normalized spacial score (nSPS) is 12.0. The number of nitrogens with zero attached hydrogens (tertiary/aromatic N) is 2. The summed E-state index contributed by atoms with van der Waals surface area (Å²) in [7, 11) is 0. The van der Waals surface area contributed by atoms with Gasteiger partial charge >= 0.3 is 0 Å². The lowest BCUT2D eigenvalue weighted by Crippen LogP contribution is -2.16. The second-order valence-electron chi connectivity index (χ2n) is 6.85. The highest BCUT2D eigenvalue weighted by molar-refractivity contribution is 6.08. The van der Waals surface area contributed by atoms with Gasteiger partial charge in [-0.05, 0) is 60.9 Å². The van der Waals surface area contributed by atoms with Crippen molar-refractivity contribution in [1.82, 2.24) is 9.97 Å². The van der Waals surface area contributed by atoms with E-state index in [4.69, 9.17) is 0 Å². The number of hydrogen-bond donors (Lipinski definition) is 3. The first-order valence-electron chi connectivity index (χ1n) is 9.42. The van der Waals surface area contributed by atoms with Crippen molar-refractivity contribution in [3.63, 3.8) is 0 Å². The van der Waals surface area contributed by atoms with Crippen molar-refractivity contribution in [3.8, 4) is 0 Å². The molecule has 7 nitrogen and oxygen atoms in total.